The molecule has 39 heavy (non-hydrogen) atoms. The van der Waals surface area contributed by atoms with Crippen molar-refractivity contribution in [2.45, 2.75) is 65.5 Å². The van der Waals surface area contributed by atoms with Crippen molar-refractivity contribution in [3.05, 3.63) is 59.2 Å². The number of benzene rings is 2. The van der Waals surface area contributed by atoms with E-state index in [9.17, 15) is 19.5 Å². The van der Waals surface area contributed by atoms with Crippen molar-refractivity contribution >= 4 is 17.9 Å². The lowest BCUT2D eigenvalue weighted by Gasteiger charge is -2.47. The molecule has 1 heterocycles. The first kappa shape index (κ1) is 29.8. The largest absolute Gasteiger partial charge is 0.493 e. The number of carboxylic acids is 1. The molecule has 1 aliphatic rings. The van der Waals surface area contributed by atoms with Crippen LogP contribution >= 0.6 is 0 Å². The average molecular weight is 540 g/mol. The first-order chi connectivity index (χ1) is 18.6. The van der Waals surface area contributed by atoms with Gasteiger partial charge in [-0.05, 0) is 70.2 Å². The van der Waals surface area contributed by atoms with Crippen LogP contribution in [0, 0.1) is 6.92 Å². The lowest BCUT2D eigenvalue weighted by atomic mass is 9.89. The summed E-state index contributed by atoms with van der Waals surface area (Å²) in [5, 5.41) is 12.7. The number of carbonyl (C=O) groups excluding carboxylic acids is 2. The van der Waals surface area contributed by atoms with Crippen molar-refractivity contribution in [3.63, 3.8) is 0 Å². The van der Waals surface area contributed by atoms with Crippen LogP contribution in [0.2, 0.25) is 0 Å². The SMILES string of the molecule is CCOc1cc([C@@H](C)N(CCCCc2ccccc2)C(=O)NC2(C(=O)O)CN(C(C)=O)C2)cc(OCC)c1C. The second-order valence-corrected chi connectivity index (χ2v) is 10.0. The molecule has 0 aliphatic carbocycles. The van der Waals surface area contributed by atoms with Crippen LogP contribution in [0.15, 0.2) is 42.5 Å². The molecule has 0 bridgehead atoms. The quantitative estimate of drug-likeness (QED) is 0.361. The van der Waals surface area contributed by atoms with Crippen LogP contribution in [0.3, 0.4) is 0 Å². The fourth-order valence-electron chi connectivity index (χ4n) is 4.81. The summed E-state index contributed by atoms with van der Waals surface area (Å²) in [6.45, 7) is 10.3. The highest BCUT2D eigenvalue weighted by atomic mass is 16.5. The highest BCUT2D eigenvalue weighted by Crippen LogP contribution is 2.35. The van der Waals surface area contributed by atoms with E-state index in [1.807, 2.05) is 58.0 Å². The molecule has 2 aromatic rings. The Kier molecular flexibility index (Phi) is 10.2. The monoisotopic (exact) mass is 539 g/mol. The van der Waals surface area contributed by atoms with Gasteiger partial charge in [-0.1, -0.05) is 30.3 Å². The minimum Gasteiger partial charge on any atom is -0.493 e. The fraction of sp³-hybridized carbons (Fsp3) is 0.500. The number of carboxylic acid groups (broad SMARTS) is 1. The van der Waals surface area contributed by atoms with Crippen molar-refractivity contribution < 1.29 is 29.0 Å². The van der Waals surface area contributed by atoms with E-state index in [0.717, 1.165) is 30.4 Å². The molecule has 2 N–H and O–H groups in total. The van der Waals surface area contributed by atoms with Crippen molar-refractivity contribution in [2.24, 2.45) is 0 Å². The summed E-state index contributed by atoms with van der Waals surface area (Å²) in [7, 11) is 0. The number of hydrogen-bond acceptors (Lipinski definition) is 5. The maximum Gasteiger partial charge on any atom is 0.333 e. The predicted molar refractivity (Wildman–Crippen MR) is 149 cm³/mol. The van der Waals surface area contributed by atoms with Crippen LogP contribution in [-0.4, -0.2) is 71.2 Å². The number of aryl methyl sites for hydroxylation is 1. The number of hydrogen-bond donors (Lipinski definition) is 2. The Morgan fingerprint density at radius 1 is 1.05 bits per heavy atom. The molecule has 1 atom stereocenters. The molecule has 212 valence electrons. The Labute approximate surface area is 231 Å². The molecule has 1 fully saturated rings. The maximum absolute atomic E-state index is 13.7. The standard InChI is InChI=1S/C30H41N3O6/c1-6-38-26-17-25(18-27(21(26)3)39-7-2)22(4)33(16-12-11-15-24-13-9-8-10-14-24)29(37)31-30(28(35)36)19-32(20-30)23(5)34/h8-10,13-14,17-18,22H,6-7,11-12,15-16,19-20H2,1-5H3,(H,31,37)(H,35,36)/t22-/m1/s1. The van der Waals surface area contributed by atoms with Gasteiger partial charge < -0.3 is 29.7 Å². The van der Waals surface area contributed by atoms with Gasteiger partial charge in [0.2, 0.25) is 5.91 Å². The van der Waals surface area contributed by atoms with E-state index in [1.165, 1.54) is 17.4 Å². The number of aliphatic carboxylic acids is 1. The zero-order valence-corrected chi connectivity index (χ0v) is 23.7. The second-order valence-electron chi connectivity index (χ2n) is 10.0. The Morgan fingerprint density at radius 2 is 1.64 bits per heavy atom. The number of amides is 3. The summed E-state index contributed by atoms with van der Waals surface area (Å²) in [4.78, 5) is 40.6. The number of unbranched alkanes of at least 4 members (excludes halogenated alkanes) is 1. The van der Waals surface area contributed by atoms with Crippen molar-refractivity contribution in [1.82, 2.24) is 15.1 Å². The van der Waals surface area contributed by atoms with E-state index in [2.05, 4.69) is 17.4 Å². The second kappa shape index (κ2) is 13.4. The van der Waals surface area contributed by atoms with Crippen LogP contribution in [0.4, 0.5) is 4.79 Å². The number of nitrogens with zero attached hydrogens (tertiary/aromatic N) is 2. The summed E-state index contributed by atoms with van der Waals surface area (Å²) < 4.78 is 11.7. The molecule has 1 saturated heterocycles. The van der Waals surface area contributed by atoms with Gasteiger partial charge in [0, 0.05) is 19.0 Å². The highest BCUT2D eigenvalue weighted by Gasteiger charge is 2.52. The summed E-state index contributed by atoms with van der Waals surface area (Å²) in [6.07, 6.45) is 2.48. The molecule has 3 rings (SSSR count). The van der Waals surface area contributed by atoms with Crippen LogP contribution in [0.5, 0.6) is 11.5 Å². The van der Waals surface area contributed by atoms with Gasteiger partial charge in [0.25, 0.3) is 0 Å². The number of carbonyl (C=O) groups is 3. The van der Waals surface area contributed by atoms with Gasteiger partial charge in [-0.25, -0.2) is 9.59 Å². The first-order valence-corrected chi connectivity index (χ1v) is 13.6. The summed E-state index contributed by atoms with van der Waals surface area (Å²) in [5.74, 6) is -0.00266. The van der Waals surface area contributed by atoms with Crippen LogP contribution in [0.25, 0.3) is 0 Å². The third-order valence-corrected chi connectivity index (χ3v) is 7.22. The molecular weight excluding hydrogens is 498 g/mol. The van der Waals surface area contributed by atoms with E-state index in [1.54, 1.807) is 4.90 Å². The molecule has 2 aromatic carbocycles. The molecule has 0 spiro atoms. The van der Waals surface area contributed by atoms with Crippen LogP contribution < -0.4 is 14.8 Å². The Morgan fingerprint density at radius 3 is 2.15 bits per heavy atom. The van der Waals surface area contributed by atoms with E-state index in [0.29, 0.717) is 31.3 Å². The first-order valence-electron chi connectivity index (χ1n) is 13.6. The summed E-state index contributed by atoms with van der Waals surface area (Å²) in [5.41, 5.74) is 1.43. The van der Waals surface area contributed by atoms with Gasteiger partial charge in [-0.3, -0.25) is 4.79 Å². The average Bonchev–Trinajstić information content (AvgIpc) is 2.88. The van der Waals surface area contributed by atoms with Crippen molar-refractivity contribution in [3.8, 4) is 11.5 Å². The van der Waals surface area contributed by atoms with Gasteiger partial charge in [-0.15, -0.1) is 0 Å². The van der Waals surface area contributed by atoms with E-state index >= 15 is 0 Å². The molecule has 0 aromatic heterocycles. The number of ether oxygens (including phenoxy) is 2. The summed E-state index contributed by atoms with van der Waals surface area (Å²) in [6, 6.07) is 13.1. The van der Waals surface area contributed by atoms with E-state index < -0.39 is 23.6 Å². The van der Waals surface area contributed by atoms with Gasteiger partial charge in [0.1, 0.15) is 11.5 Å². The summed E-state index contributed by atoms with van der Waals surface area (Å²) >= 11 is 0. The molecule has 9 nitrogen and oxygen atoms in total. The molecule has 0 radical (unpaired) electrons. The molecular formula is C30H41N3O6. The molecule has 3 amide bonds. The molecule has 9 heteroatoms. The van der Waals surface area contributed by atoms with Crippen LogP contribution in [-0.2, 0) is 16.0 Å². The third-order valence-electron chi connectivity index (χ3n) is 7.22. The van der Waals surface area contributed by atoms with Gasteiger partial charge in [0.05, 0.1) is 32.3 Å². The van der Waals surface area contributed by atoms with E-state index in [4.69, 9.17) is 9.47 Å². The minimum atomic E-state index is -1.51. The number of rotatable bonds is 13. The molecule has 1 aliphatic heterocycles. The molecule has 0 saturated carbocycles. The topological polar surface area (TPSA) is 108 Å². The lowest BCUT2D eigenvalue weighted by molar-refractivity contribution is -0.157. The predicted octanol–water partition coefficient (Wildman–Crippen LogP) is 4.57. The van der Waals surface area contributed by atoms with Gasteiger partial charge in [-0.2, -0.15) is 0 Å². The fourth-order valence-corrected chi connectivity index (χ4v) is 4.81. The molecule has 0 unspecified atom stereocenters. The minimum absolute atomic E-state index is 0.0624. The zero-order valence-electron chi connectivity index (χ0n) is 23.7. The Bertz CT molecular complexity index is 1120. The zero-order chi connectivity index (χ0) is 28.6. The third kappa shape index (κ3) is 7.22. The van der Waals surface area contributed by atoms with Gasteiger partial charge >= 0.3 is 12.0 Å². The van der Waals surface area contributed by atoms with Crippen molar-refractivity contribution in [2.75, 3.05) is 32.8 Å². The Balaban J connectivity index is 1.85. The number of nitrogens with one attached hydrogen (secondary N) is 1. The lowest BCUT2D eigenvalue weighted by Crippen LogP contribution is -2.75. The maximum atomic E-state index is 13.7. The highest BCUT2D eigenvalue weighted by molar-refractivity contribution is 5.90. The van der Waals surface area contributed by atoms with Gasteiger partial charge in [0.15, 0.2) is 5.54 Å². The number of likely N-dealkylation sites (tertiary alicyclic amines) is 1. The smallest absolute Gasteiger partial charge is 0.333 e. The van der Waals surface area contributed by atoms with E-state index in [-0.39, 0.29) is 19.0 Å². The number of urea groups is 1. The Hall–Kier alpha value is -3.75. The van der Waals surface area contributed by atoms with Crippen molar-refractivity contribution in [1.29, 1.82) is 0 Å². The van der Waals surface area contributed by atoms with Crippen LogP contribution in [0.1, 0.15) is 63.3 Å². The normalized spacial score (nSPS) is 14.6.